The number of para-hydroxylation sites is 3. The van der Waals surface area contributed by atoms with Gasteiger partial charge >= 0.3 is 0 Å². The number of nitrogens with one attached hydrogen (secondary N) is 1. The van der Waals surface area contributed by atoms with E-state index in [1.165, 1.54) is 4.68 Å². The molecule has 2 heterocycles. The smallest absolute Gasteiger partial charge is 0.261 e. The number of rotatable bonds is 4. The van der Waals surface area contributed by atoms with Crippen LogP contribution >= 0.6 is 0 Å². The minimum Gasteiger partial charge on any atom is -0.383 e. The Balaban J connectivity index is 1.68. The Bertz CT molecular complexity index is 1490. The van der Waals surface area contributed by atoms with E-state index in [1.54, 1.807) is 6.21 Å². The second-order valence-corrected chi connectivity index (χ2v) is 7.44. The molecule has 3 N–H and O–H groups in total. The summed E-state index contributed by atoms with van der Waals surface area (Å²) in [7, 11) is 0. The minimum absolute atomic E-state index is 0.174. The number of nitrogen functional groups attached to an aromatic ring is 1. The normalized spacial score (nSPS) is 11.4. The lowest BCUT2D eigenvalue weighted by Gasteiger charge is -2.05. The van der Waals surface area contributed by atoms with E-state index in [4.69, 9.17) is 15.7 Å². The van der Waals surface area contributed by atoms with E-state index in [0.717, 1.165) is 11.1 Å². The molecule has 5 rings (SSSR count). The van der Waals surface area contributed by atoms with Gasteiger partial charge in [0.1, 0.15) is 16.9 Å². The number of nitrogens with zero attached hydrogens (tertiary/aromatic N) is 4. The summed E-state index contributed by atoms with van der Waals surface area (Å²) in [5.74, 6) is -0.194. The summed E-state index contributed by atoms with van der Waals surface area (Å²) in [6.45, 7) is 2.01. The maximum atomic E-state index is 13.2. The van der Waals surface area contributed by atoms with Crippen LogP contribution in [0, 0.1) is 6.92 Å². The Hall–Kier alpha value is -4.52. The third-order valence-electron chi connectivity index (χ3n) is 5.10. The van der Waals surface area contributed by atoms with E-state index >= 15 is 0 Å². The van der Waals surface area contributed by atoms with Crippen LogP contribution in [0.15, 0.2) is 84.0 Å². The van der Waals surface area contributed by atoms with Crippen LogP contribution in [-0.2, 0) is 0 Å². The summed E-state index contributed by atoms with van der Waals surface area (Å²) in [6, 6.07) is 24.6. The highest BCUT2D eigenvalue weighted by atomic mass is 16.1. The molecule has 0 unspecified atom stereocenters. The van der Waals surface area contributed by atoms with Gasteiger partial charge in [0, 0.05) is 5.69 Å². The Labute approximate surface area is 184 Å². The number of anilines is 2. The topological polar surface area (TPSA) is 98.2 Å². The Morgan fingerprint density at radius 2 is 1.69 bits per heavy atom. The van der Waals surface area contributed by atoms with Gasteiger partial charge in [-0.2, -0.15) is 9.78 Å². The van der Waals surface area contributed by atoms with Crippen molar-refractivity contribution in [3.8, 4) is 0 Å². The first-order chi connectivity index (χ1) is 15.6. The minimum atomic E-state index is -0.368. The summed E-state index contributed by atoms with van der Waals surface area (Å²) in [5.41, 5.74) is 11.6. The van der Waals surface area contributed by atoms with Gasteiger partial charge in [-0.3, -0.25) is 4.79 Å². The highest BCUT2D eigenvalue weighted by Crippen LogP contribution is 2.28. The largest absolute Gasteiger partial charge is 0.383 e. The van der Waals surface area contributed by atoms with Crippen molar-refractivity contribution in [2.24, 2.45) is 5.10 Å². The van der Waals surface area contributed by atoms with Crippen molar-refractivity contribution >= 4 is 45.8 Å². The number of aryl methyl sites for hydroxylation is 1. The summed E-state index contributed by atoms with van der Waals surface area (Å²) in [4.78, 5) is 22.6. The molecule has 7 heteroatoms. The van der Waals surface area contributed by atoms with Crippen LogP contribution in [0.1, 0.15) is 21.5 Å². The maximum absolute atomic E-state index is 13.2. The molecule has 0 aliphatic rings. The van der Waals surface area contributed by atoms with Gasteiger partial charge in [-0.05, 0) is 36.8 Å². The molecule has 1 amide bonds. The summed E-state index contributed by atoms with van der Waals surface area (Å²) in [5, 5.41) is 7.43. The molecule has 0 fully saturated rings. The van der Waals surface area contributed by atoms with E-state index in [9.17, 15) is 4.79 Å². The van der Waals surface area contributed by atoms with Crippen molar-refractivity contribution in [3.05, 3.63) is 95.6 Å². The average molecular weight is 420 g/mol. The zero-order valence-electron chi connectivity index (χ0n) is 17.4. The van der Waals surface area contributed by atoms with Gasteiger partial charge in [0.2, 0.25) is 0 Å². The van der Waals surface area contributed by atoms with Crippen LogP contribution in [0.5, 0.6) is 0 Å². The standard InChI is InChI=1S/C25H20N6O/c1-16-8-7-9-17(14-16)15-27-31-23(26)21(25(32)28-18-10-3-2-4-11-18)22-24(31)30-20-13-6-5-12-19(20)29-22/h2-15H,26H2,1H3,(H,28,32). The number of aromatic nitrogens is 3. The van der Waals surface area contributed by atoms with Gasteiger partial charge in [0.25, 0.3) is 5.91 Å². The fraction of sp³-hybridized carbons (Fsp3) is 0.0400. The van der Waals surface area contributed by atoms with Gasteiger partial charge in [-0.15, -0.1) is 0 Å². The summed E-state index contributed by atoms with van der Waals surface area (Å²) >= 11 is 0. The molecule has 0 atom stereocenters. The van der Waals surface area contributed by atoms with E-state index in [2.05, 4.69) is 10.4 Å². The molecule has 5 aromatic rings. The van der Waals surface area contributed by atoms with Crippen molar-refractivity contribution < 1.29 is 4.79 Å². The lowest BCUT2D eigenvalue weighted by Crippen LogP contribution is -2.14. The molecule has 156 valence electrons. The number of hydrogen-bond donors (Lipinski definition) is 2. The SMILES string of the molecule is Cc1cccc(C=Nn2c(N)c(C(=O)Nc3ccccc3)c3nc4ccccc4nc32)c1. The van der Waals surface area contributed by atoms with Gasteiger partial charge in [0.15, 0.2) is 5.65 Å². The zero-order valence-corrected chi connectivity index (χ0v) is 17.4. The van der Waals surface area contributed by atoms with E-state index in [-0.39, 0.29) is 17.3 Å². The molecule has 2 aromatic heterocycles. The Morgan fingerprint density at radius 3 is 2.44 bits per heavy atom. The summed E-state index contributed by atoms with van der Waals surface area (Å²) in [6.07, 6.45) is 1.69. The molecular weight excluding hydrogens is 400 g/mol. The third kappa shape index (κ3) is 3.56. The van der Waals surface area contributed by atoms with Crippen LogP contribution in [0.2, 0.25) is 0 Å². The van der Waals surface area contributed by atoms with Crippen LogP contribution in [0.25, 0.3) is 22.2 Å². The van der Waals surface area contributed by atoms with E-state index < -0.39 is 0 Å². The van der Waals surface area contributed by atoms with Crippen molar-refractivity contribution in [2.75, 3.05) is 11.1 Å². The Morgan fingerprint density at radius 1 is 0.969 bits per heavy atom. The van der Waals surface area contributed by atoms with Crippen molar-refractivity contribution in [1.29, 1.82) is 0 Å². The van der Waals surface area contributed by atoms with Crippen LogP contribution in [0.3, 0.4) is 0 Å². The number of nitrogens with two attached hydrogens (primary N) is 1. The fourth-order valence-corrected chi connectivity index (χ4v) is 3.58. The van der Waals surface area contributed by atoms with Crippen molar-refractivity contribution in [1.82, 2.24) is 14.6 Å². The first kappa shape index (κ1) is 19.4. The van der Waals surface area contributed by atoms with Crippen LogP contribution in [-0.4, -0.2) is 26.8 Å². The highest BCUT2D eigenvalue weighted by molar-refractivity contribution is 6.16. The molecule has 3 aromatic carbocycles. The molecule has 0 aliphatic carbocycles. The number of fused-ring (bicyclic) bond motifs is 2. The predicted molar refractivity (Wildman–Crippen MR) is 128 cm³/mol. The quantitative estimate of drug-likeness (QED) is 0.415. The van der Waals surface area contributed by atoms with E-state index in [0.29, 0.717) is 27.9 Å². The fourth-order valence-electron chi connectivity index (χ4n) is 3.58. The van der Waals surface area contributed by atoms with Gasteiger partial charge < -0.3 is 11.1 Å². The highest BCUT2D eigenvalue weighted by Gasteiger charge is 2.24. The van der Waals surface area contributed by atoms with Crippen LogP contribution < -0.4 is 11.1 Å². The first-order valence-electron chi connectivity index (χ1n) is 10.1. The van der Waals surface area contributed by atoms with Gasteiger partial charge in [-0.25, -0.2) is 9.97 Å². The predicted octanol–water partition coefficient (Wildman–Crippen LogP) is 4.61. The Kier molecular flexibility index (Phi) is 4.84. The average Bonchev–Trinajstić information content (AvgIpc) is 3.07. The molecule has 32 heavy (non-hydrogen) atoms. The molecule has 0 saturated heterocycles. The summed E-state index contributed by atoms with van der Waals surface area (Å²) < 4.78 is 1.47. The van der Waals surface area contributed by atoms with Gasteiger partial charge in [-0.1, -0.05) is 60.2 Å². The number of carbonyl (C=O) groups excluding carboxylic acids is 1. The molecule has 0 radical (unpaired) electrons. The number of carbonyl (C=O) groups is 1. The van der Waals surface area contributed by atoms with Gasteiger partial charge in [0.05, 0.1) is 17.2 Å². The monoisotopic (exact) mass is 420 g/mol. The number of benzene rings is 3. The number of amides is 1. The molecule has 0 aliphatic heterocycles. The molecule has 0 bridgehead atoms. The molecular formula is C25H20N6O. The maximum Gasteiger partial charge on any atom is 0.261 e. The van der Waals surface area contributed by atoms with Crippen molar-refractivity contribution in [3.63, 3.8) is 0 Å². The van der Waals surface area contributed by atoms with E-state index in [1.807, 2.05) is 85.8 Å². The third-order valence-corrected chi connectivity index (χ3v) is 5.10. The zero-order chi connectivity index (χ0) is 22.1. The van der Waals surface area contributed by atoms with Crippen molar-refractivity contribution in [2.45, 2.75) is 6.92 Å². The molecule has 0 spiro atoms. The second kappa shape index (κ2) is 7.96. The lowest BCUT2D eigenvalue weighted by atomic mass is 10.2. The number of hydrogen-bond acceptors (Lipinski definition) is 5. The lowest BCUT2D eigenvalue weighted by molar-refractivity contribution is 0.102. The second-order valence-electron chi connectivity index (χ2n) is 7.44. The molecule has 7 nitrogen and oxygen atoms in total. The first-order valence-corrected chi connectivity index (χ1v) is 10.1. The van der Waals surface area contributed by atoms with Crippen LogP contribution in [0.4, 0.5) is 11.5 Å². The molecule has 0 saturated carbocycles.